The van der Waals surface area contributed by atoms with Gasteiger partial charge in [0.15, 0.2) is 11.5 Å². The van der Waals surface area contributed by atoms with Crippen molar-refractivity contribution in [2.45, 2.75) is 13.5 Å². The Bertz CT molecular complexity index is 701. The predicted octanol–water partition coefficient (Wildman–Crippen LogP) is 2.93. The van der Waals surface area contributed by atoms with Crippen LogP contribution in [0.4, 0.5) is 4.79 Å². The molecule has 2 aromatic carbocycles. The Kier molecular flexibility index (Phi) is 6.51. The molecular formula is C19H24N2O4. The number of nitrogens with zero attached hydrogens (tertiary/aromatic N) is 1. The summed E-state index contributed by atoms with van der Waals surface area (Å²) in [6.45, 7) is 3.20. The summed E-state index contributed by atoms with van der Waals surface area (Å²) in [5.41, 5.74) is 1.98. The van der Waals surface area contributed by atoms with E-state index in [-0.39, 0.29) is 11.8 Å². The summed E-state index contributed by atoms with van der Waals surface area (Å²) in [6.07, 6.45) is 0. The van der Waals surface area contributed by atoms with E-state index in [1.807, 2.05) is 37.3 Å². The Morgan fingerprint density at radius 1 is 1.20 bits per heavy atom. The number of carbonyl (C=O) groups is 1. The van der Waals surface area contributed by atoms with Crippen LogP contribution in [0.1, 0.15) is 11.1 Å². The first kappa shape index (κ1) is 18.4. The van der Waals surface area contributed by atoms with Crippen molar-refractivity contribution < 1.29 is 19.4 Å². The fraction of sp³-hybridized carbons (Fsp3) is 0.316. The van der Waals surface area contributed by atoms with E-state index in [9.17, 15) is 9.90 Å². The number of aromatic hydroxyl groups is 1. The average molecular weight is 344 g/mol. The Hall–Kier alpha value is -2.89. The fourth-order valence-electron chi connectivity index (χ4n) is 2.28. The zero-order valence-corrected chi connectivity index (χ0v) is 14.8. The molecule has 0 heterocycles. The van der Waals surface area contributed by atoms with Gasteiger partial charge in [-0.2, -0.15) is 0 Å². The van der Waals surface area contributed by atoms with Crippen molar-refractivity contribution in [1.29, 1.82) is 0 Å². The van der Waals surface area contributed by atoms with Gasteiger partial charge < -0.3 is 24.8 Å². The number of ether oxygens (including phenoxy) is 2. The van der Waals surface area contributed by atoms with Crippen LogP contribution >= 0.6 is 0 Å². The molecule has 0 unspecified atom stereocenters. The van der Waals surface area contributed by atoms with Crippen LogP contribution < -0.4 is 14.8 Å². The van der Waals surface area contributed by atoms with Crippen molar-refractivity contribution in [3.8, 4) is 17.2 Å². The van der Waals surface area contributed by atoms with Crippen molar-refractivity contribution in [2.75, 3.05) is 27.3 Å². The van der Waals surface area contributed by atoms with E-state index in [1.165, 1.54) is 17.6 Å². The van der Waals surface area contributed by atoms with Crippen molar-refractivity contribution in [3.05, 3.63) is 53.6 Å². The zero-order valence-electron chi connectivity index (χ0n) is 14.8. The normalized spacial score (nSPS) is 10.2. The molecule has 0 aliphatic heterocycles. The van der Waals surface area contributed by atoms with E-state index in [2.05, 4.69) is 5.32 Å². The Labute approximate surface area is 148 Å². The van der Waals surface area contributed by atoms with Crippen molar-refractivity contribution in [3.63, 3.8) is 0 Å². The maximum absolute atomic E-state index is 12.1. The number of urea groups is 1. The van der Waals surface area contributed by atoms with Crippen LogP contribution in [0, 0.1) is 6.92 Å². The number of phenols is 1. The number of amides is 2. The van der Waals surface area contributed by atoms with Crippen LogP contribution in [0.15, 0.2) is 42.5 Å². The molecule has 2 rings (SSSR count). The molecule has 6 heteroatoms. The number of carbonyl (C=O) groups excluding carboxylic acids is 1. The molecule has 6 nitrogen and oxygen atoms in total. The van der Waals surface area contributed by atoms with Gasteiger partial charge in [-0.15, -0.1) is 0 Å². The average Bonchev–Trinajstić information content (AvgIpc) is 2.60. The number of hydrogen-bond donors (Lipinski definition) is 2. The monoisotopic (exact) mass is 344 g/mol. The first-order valence-electron chi connectivity index (χ1n) is 8.04. The largest absolute Gasteiger partial charge is 0.504 e. The summed E-state index contributed by atoms with van der Waals surface area (Å²) in [6, 6.07) is 12.6. The van der Waals surface area contributed by atoms with Crippen LogP contribution in [0.2, 0.25) is 0 Å². The standard InChI is InChI=1S/C19H24N2O4/c1-14-4-7-16(8-5-14)25-11-10-20-19(23)21(2)13-15-6-9-18(24-3)17(22)12-15/h4-9,12,22H,10-11,13H2,1-3H3,(H,20,23). The van der Waals surface area contributed by atoms with Crippen LogP contribution in [0.25, 0.3) is 0 Å². The third-order valence-corrected chi connectivity index (χ3v) is 3.68. The molecule has 2 aromatic rings. The van der Waals surface area contributed by atoms with Gasteiger partial charge >= 0.3 is 6.03 Å². The third-order valence-electron chi connectivity index (χ3n) is 3.68. The van der Waals surface area contributed by atoms with Gasteiger partial charge in [0.05, 0.1) is 13.7 Å². The van der Waals surface area contributed by atoms with Crippen LogP contribution in [-0.4, -0.2) is 43.3 Å². The number of benzene rings is 2. The molecule has 134 valence electrons. The van der Waals surface area contributed by atoms with Gasteiger partial charge in [-0.1, -0.05) is 23.8 Å². The molecule has 0 radical (unpaired) electrons. The highest BCUT2D eigenvalue weighted by Crippen LogP contribution is 2.26. The second-order valence-corrected chi connectivity index (χ2v) is 5.76. The Morgan fingerprint density at radius 2 is 1.92 bits per heavy atom. The lowest BCUT2D eigenvalue weighted by atomic mass is 10.2. The molecule has 0 saturated heterocycles. The number of methoxy groups -OCH3 is 1. The molecule has 2 N–H and O–H groups in total. The molecule has 0 aliphatic rings. The third kappa shape index (κ3) is 5.60. The van der Waals surface area contributed by atoms with Crippen molar-refractivity contribution in [1.82, 2.24) is 10.2 Å². The van der Waals surface area contributed by atoms with Gasteiger partial charge in [0.2, 0.25) is 0 Å². The first-order chi connectivity index (χ1) is 12.0. The molecule has 2 amide bonds. The minimum atomic E-state index is -0.206. The fourth-order valence-corrected chi connectivity index (χ4v) is 2.28. The first-order valence-corrected chi connectivity index (χ1v) is 8.04. The Morgan fingerprint density at radius 3 is 2.56 bits per heavy atom. The number of nitrogens with one attached hydrogen (secondary N) is 1. The van der Waals surface area contributed by atoms with E-state index in [1.54, 1.807) is 19.2 Å². The molecule has 0 bridgehead atoms. The molecule has 0 aromatic heterocycles. The van der Waals surface area contributed by atoms with Gasteiger partial charge in [-0.05, 0) is 36.8 Å². The quantitative estimate of drug-likeness (QED) is 0.758. The minimum Gasteiger partial charge on any atom is -0.504 e. The topological polar surface area (TPSA) is 71.0 Å². The van der Waals surface area contributed by atoms with Crippen LogP contribution in [-0.2, 0) is 6.54 Å². The highest BCUT2D eigenvalue weighted by Gasteiger charge is 2.10. The highest BCUT2D eigenvalue weighted by atomic mass is 16.5. The number of rotatable bonds is 7. The van der Waals surface area contributed by atoms with E-state index in [0.29, 0.717) is 25.4 Å². The predicted molar refractivity (Wildman–Crippen MR) is 96.2 cm³/mol. The molecule has 25 heavy (non-hydrogen) atoms. The maximum atomic E-state index is 12.1. The zero-order chi connectivity index (χ0) is 18.2. The number of hydrogen-bond acceptors (Lipinski definition) is 4. The molecule has 0 fully saturated rings. The summed E-state index contributed by atoms with van der Waals surface area (Å²) in [5, 5.41) is 12.6. The van der Waals surface area contributed by atoms with Gasteiger partial charge in [-0.25, -0.2) is 4.79 Å². The number of aryl methyl sites for hydroxylation is 1. The van der Waals surface area contributed by atoms with E-state index < -0.39 is 0 Å². The molecule has 0 saturated carbocycles. The van der Waals surface area contributed by atoms with Crippen LogP contribution in [0.5, 0.6) is 17.2 Å². The van der Waals surface area contributed by atoms with Crippen LogP contribution in [0.3, 0.4) is 0 Å². The van der Waals surface area contributed by atoms with Gasteiger partial charge in [-0.3, -0.25) is 0 Å². The second-order valence-electron chi connectivity index (χ2n) is 5.76. The molecule has 0 spiro atoms. The van der Waals surface area contributed by atoms with Gasteiger partial charge in [0.25, 0.3) is 0 Å². The summed E-state index contributed by atoms with van der Waals surface area (Å²) in [5.74, 6) is 1.24. The summed E-state index contributed by atoms with van der Waals surface area (Å²) < 4.78 is 10.6. The summed E-state index contributed by atoms with van der Waals surface area (Å²) >= 11 is 0. The van der Waals surface area contributed by atoms with E-state index >= 15 is 0 Å². The van der Waals surface area contributed by atoms with Gasteiger partial charge in [0.1, 0.15) is 12.4 Å². The van der Waals surface area contributed by atoms with E-state index in [4.69, 9.17) is 9.47 Å². The SMILES string of the molecule is COc1ccc(CN(C)C(=O)NCCOc2ccc(C)cc2)cc1O. The molecule has 0 atom stereocenters. The summed E-state index contributed by atoms with van der Waals surface area (Å²) in [7, 11) is 3.18. The van der Waals surface area contributed by atoms with Gasteiger partial charge in [0, 0.05) is 13.6 Å². The molecule has 0 aliphatic carbocycles. The van der Waals surface area contributed by atoms with Crippen molar-refractivity contribution in [2.24, 2.45) is 0 Å². The highest BCUT2D eigenvalue weighted by molar-refractivity contribution is 5.73. The lowest BCUT2D eigenvalue weighted by Gasteiger charge is -2.18. The second kappa shape index (κ2) is 8.82. The molecular weight excluding hydrogens is 320 g/mol. The summed E-state index contributed by atoms with van der Waals surface area (Å²) in [4.78, 5) is 13.6. The Balaban J connectivity index is 1.74. The lowest BCUT2D eigenvalue weighted by Crippen LogP contribution is -2.38. The number of phenolic OH excluding ortho intramolecular Hbond substituents is 1. The van der Waals surface area contributed by atoms with Crippen molar-refractivity contribution >= 4 is 6.03 Å². The smallest absolute Gasteiger partial charge is 0.317 e. The lowest BCUT2D eigenvalue weighted by molar-refractivity contribution is 0.203. The van der Waals surface area contributed by atoms with E-state index in [0.717, 1.165) is 11.3 Å². The minimum absolute atomic E-state index is 0.0558. The maximum Gasteiger partial charge on any atom is 0.317 e.